The summed E-state index contributed by atoms with van der Waals surface area (Å²) < 4.78 is 16.0. The van der Waals surface area contributed by atoms with Gasteiger partial charge in [-0.1, -0.05) is 90.5 Å². The van der Waals surface area contributed by atoms with Gasteiger partial charge in [-0.2, -0.15) is 0 Å². The second-order valence-corrected chi connectivity index (χ2v) is 7.46. The summed E-state index contributed by atoms with van der Waals surface area (Å²) in [6.07, 6.45) is 5.00. The molecule has 0 aromatic heterocycles. The fourth-order valence-electron chi connectivity index (χ4n) is 2.70. The quantitative estimate of drug-likeness (QED) is 0.595. The summed E-state index contributed by atoms with van der Waals surface area (Å²) >= 11 is 0. The number of hydrogen-bond acceptors (Lipinski definition) is 1. The molecule has 0 saturated heterocycles. The van der Waals surface area contributed by atoms with E-state index in [-0.39, 0.29) is 6.04 Å². The minimum absolute atomic E-state index is 0.0155. The molecule has 0 aliphatic heterocycles. The van der Waals surface area contributed by atoms with Crippen LogP contribution >= 0.6 is 0 Å². The lowest BCUT2D eigenvalue weighted by molar-refractivity contribution is 0.632. The summed E-state index contributed by atoms with van der Waals surface area (Å²) in [5.41, 5.74) is 3.46. The largest absolute Gasteiger partial charge is 0.237 e. The van der Waals surface area contributed by atoms with Gasteiger partial charge in [-0.15, -0.1) is 0 Å². The number of benzene rings is 3. The van der Waals surface area contributed by atoms with Crippen LogP contribution in [0.5, 0.6) is 0 Å². The van der Waals surface area contributed by atoms with Gasteiger partial charge in [-0.05, 0) is 36.6 Å². The number of nitrogens with one attached hydrogen (secondary N) is 1. The molecule has 132 valence electrons. The van der Waals surface area contributed by atoms with Crippen molar-refractivity contribution < 1.29 is 4.21 Å². The van der Waals surface area contributed by atoms with E-state index in [1.807, 2.05) is 67.6 Å². The van der Waals surface area contributed by atoms with E-state index in [2.05, 4.69) is 41.1 Å². The first-order valence-electron chi connectivity index (χ1n) is 8.73. The second kappa shape index (κ2) is 9.27. The summed E-state index contributed by atoms with van der Waals surface area (Å²) in [5, 5.41) is 0. The van der Waals surface area contributed by atoms with Gasteiger partial charge in [0.2, 0.25) is 0 Å². The average Bonchev–Trinajstić information content (AvgIpc) is 2.69. The molecule has 0 fully saturated rings. The van der Waals surface area contributed by atoms with Gasteiger partial charge in [0.1, 0.15) is 11.0 Å². The van der Waals surface area contributed by atoms with Crippen LogP contribution in [-0.2, 0) is 11.0 Å². The van der Waals surface area contributed by atoms with Crippen molar-refractivity contribution in [3.8, 4) is 0 Å². The third kappa shape index (κ3) is 5.25. The van der Waals surface area contributed by atoms with E-state index < -0.39 is 11.0 Å². The molecule has 0 aliphatic carbocycles. The molecule has 0 spiro atoms. The molecule has 0 aliphatic rings. The summed E-state index contributed by atoms with van der Waals surface area (Å²) in [6, 6.07) is 28.2. The minimum Gasteiger partial charge on any atom is -0.237 e. The van der Waals surface area contributed by atoms with Crippen LogP contribution in [0.25, 0.3) is 6.08 Å². The summed E-state index contributed by atoms with van der Waals surface area (Å²) in [5.74, 6) is 0. The van der Waals surface area contributed by atoms with Crippen molar-refractivity contribution >= 4 is 17.1 Å². The predicted molar refractivity (Wildman–Crippen MR) is 110 cm³/mol. The van der Waals surface area contributed by atoms with Crippen molar-refractivity contribution in [3.05, 3.63) is 108 Å². The lowest BCUT2D eigenvalue weighted by Gasteiger charge is -2.17. The molecule has 2 atom stereocenters. The van der Waals surface area contributed by atoms with Crippen LogP contribution in [0, 0.1) is 6.92 Å². The molecular formula is C23H23NOS. The maximum atomic E-state index is 12.7. The highest BCUT2D eigenvalue weighted by atomic mass is 32.2. The zero-order valence-electron chi connectivity index (χ0n) is 14.8. The Morgan fingerprint density at radius 2 is 1.50 bits per heavy atom. The fraction of sp³-hybridized carbons (Fsp3) is 0.130. The van der Waals surface area contributed by atoms with E-state index in [0.717, 1.165) is 22.4 Å². The van der Waals surface area contributed by atoms with Crippen LogP contribution in [0.2, 0.25) is 0 Å². The third-order valence-electron chi connectivity index (χ3n) is 4.17. The van der Waals surface area contributed by atoms with E-state index >= 15 is 0 Å². The van der Waals surface area contributed by atoms with Gasteiger partial charge in [0.15, 0.2) is 0 Å². The summed E-state index contributed by atoms with van der Waals surface area (Å²) in [6.45, 7) is 2.03. The molecule has 1 N–H and O–H groups in total. The molecule has 0 saturated carbocycles. The van der Waals surface area contributed by atoms with Crippen LogP contribution in [0.3, 0.4) is 0 Å². The predicted octanol–water partition coefficient (Wildman–Crippen LogP) is 5.45. The highest BCUT2D eigenvalue weighted by molar-refractivity contribution is 7.83. The SMILES string of the molecule is Cc1ccc([S@](=O)N[C@H](C/C=C/c2ccccc2)c2ccccc2)cc1. The first kappa shape index (κ1) is 18.3. The second-order valence-electron chi connectivity index (χ2n) is 6.21. The maximum Gasteiger partial charge on any atom is 0.125 e. The van der Waals surface area contributed by atoms with Crippen LogP contribution in [0.15, 0.2) is 95.9 Å². The Kier molecular flexibility index (Phi) is 6.53. The first-order chi connectivity index (χ1) is 12.7. The smallest absolute Gasteiger partial charge is 0.125 e. The normalized spacial score (nSPS) is 13.6. The van der Waals surface area contributed by atoms with Crippen LogP contribution in [0.4, 0.5) is 0 Å². The van der Waals surface area contributed by atoms with Gasteiger partial charge < -0.3 is 0 Å². The van der Waals surface area contributed by atoms with E-state index in [1.54, 1.807) is 0 Å². The zero-order chi connectivity index (χ0) is 18.2. The Hall–Kier alpha value is -2.49. The van der Waals surface area contributed by atoms with Crippen molar-refractivity contribution in [1.82, 2.24) is 4.72 Å². The number of aryl methyl sites for hydroxylation is 1. The van der Waals surface area contributed by atoms with Crippen molar-refractivity contribution in [3.63, 3.8) is 0 Å². The van der Waals surface area contributed by atoms with Gasteiger partial charge in [0.25, 0.3) is 0 Å². The molecule has 3 heteroatoms. The molecule has 0 radical (unpaired) electrons. The lowest BCUT2D eigenvalue weighted by atomic mass is 10.0. The van der Waals surface area contributed by atoms with Crippen molar-refractivity contribution in [2.45, 2.75) is 24.3 Å². The molecule has 3 aromatic carbocycles. The molecule has 0 amide bonds. The van der Waals surface area contributed by atoms with Crippen molar-refractivity contribution in [1.29, 1.82) is 0 Å². The molecular weight excluding hydrogens is 338 g/mol. The van der Waals surface area contributed by atoms with Gasteiger partial charge in [-0.3, -0.25) is 0 Å². The standard InChI is InChI=1S/C23H23NOS/c1-19-15-17-22(18-16-19)26(25)24-23(21-12-6-3-7-13-21)14-8-11-20-9-4-2-5-10-20/h2-13,15-18,23-24H,14H2,1H3/b11-8+/t23-,26+/m1/s1. The van der Waals surface area contributed by atoms with Gasteiger partial charge >= 0.3 is 0 Å². The Labute approximate surface area is 158 Å². The number of rotatable bonds is 7. The van der Waals surface area contributed by atoms with E-state index in [1.165, 1.54) is 5.56 Å². The Bertz CT molecular complexity index is 858. The summed E-state index contributed by atoms with van der Waals surface area (Å²) in [7, 11) is -1.25. The Balaban J connectivity index is 1.74. The van der Waals surface area contributed by atoms with E-state index in [9.17, 15) is 4.21 Å². The average molecular weight is 362 g/mol. The zero-order valence-corrected chi connectivity index (χ0v) is 15.7. The molecule has 3 aromatic rings. The topological polar surface area (TPSA) is 29.1 Å². The molecule has 0 bridgehead atoms. The van der Waals surface area contributed by atoms with E-state index in [4.69, 9.17) is 0 Å². The molecule has 26 heavy (non-hydrogen) atoms. The lowest BCUT2D eigenvalue weighted by Crippen LogP contribution is -2.23. The highest BCUT2D eigenvalue weighted by Crippen LogP contribution is 2.20. The van der Waals surface area contributed by atoms with Gasteiger partial charge in [0, 0.05) is 6.04 Å². The first-order valence-corrected chi connectivity index (χ1v) is 9.88. The van der Waals surface area contributed by atoms with Crippen LogP contribution in [0.1, 0.15) is 29.2 Å². The molecule has 2 nitrogen and oxygen atoms in total. The van der Waals surface area contributed by atoms with Crippen molar-refractivity contribution in [2.75, 3.05) is 0 Å². The van der Waals surface area contributed by atoms with Crippen LogP contribution < -0.4 is 4.72 Å². The van der Waals surface area contributed by atoms with E-state index in [0.29, 0.717) is 0 Å². The minimum atomic E-state index is -1.25. The number of hydrogen-bond donors (Lipinski definition) is 1. The van der Waals surface area contributed by atoms with Gasteiger partial charge in [-0.25, -0.2) is 8.93 Å². The highest BCUT2D eigenvalue weighted by Gasteiger charge is 2.14. The van der Waals surface area contributed by atoms with Gasteiger partial charge in [0.05, 0.1) is 4.90 Å². The Morgan fingerprint density at radius 3 is 2.15 bits per heavy atom. The summed E-state index contributed by atoms with van der Waals surface area (Å²) in [4.78, 5) is 0.795. The third-order valence-corrected chi connectivity index (χ3v) is 5.37. The molecule has 3 rings (SSSR count). The monoisotopic (exact) mass is 361 g/mol. The molecule has 0 unspecified atom stereocenters. The fourth-order valence-corrected chi connectivity index (χ4v) is 3.71. The van der Waals surface area contributed by atoms with Crippen LogP contribution in [-0.4, -0.2) is 4.21 Å². The maximum absolute atomic E-state index is 12.7. The molecule has 0 heterocycles. The van der Waals surface area contributed by atoms with Crippen molar-refractivity contribution in [2.24, 2.45) is 0 Å². The Morgan fingerprint density at radius 1 is 0.885 bits per heavy atom.